The second-order valence-electron chi connectivity index (χ2n) is 6.00. The molecule has 2 N–H and O–H groups in total. The molecule has 0 atom stereocenters. The van der Waals surface area contributed by atoms with Crippen LogP contribution < -0.4 is 10.6 Å². The minimum atomic E-state index is -0.473. The van der Waals surface area contributed by atoms with Crippen LogP contribution in [0.1, 0.15) is 26.2 Å². The number of nitrogens with one attached hydrogen (secondary N) is 2. The van der Waals surface area contributed by atoms with E-state index in [-0.39, 0.29) is 5.41 Å². The summed E-state index contributed by atoms with van der Waals surface area (Å²) in [5.41, 5.74) is 0.0501. The maximum atomic E-state index is 12.1. The number of hydrogen-bond acceptors (Lipinski definition) is 4. The molecule has 2 rings (SSSR count). The van der Waals surface area contributed by atoms with E-state index in [1.807, 2.05) is 0 Å². The standard InChI is InChI=1S/C14H25N3O3/c1-14(3-9-20-10-4-14)11-16-12(18)13(19)17-7-2-5-15-6-8-17/h15H,2-11H2,1H3,(H,16,18). The fourth-order valence-electron chi connectivity index (χ4n) is 2.60. The molecule has 6 nitrogen and oxygen atoms in total. The first-order chi connectivity index (χ1) is 9.61. The Morgan fingerprint density at radius 3 is 2.75 bits per heavy atom. The topological polar surface area (TPSA) is 70.7 Å². The molecule has 0 aromatic rings. The zero-order chi connectivity index (χ0) is 14.4. The predicted molar refractivity (Wildman–Crippen MR) is 75.2 cm³/mol. The number of rotatable bonds is 2. The van der Waals surface area contributed by atoms with E-state index in [1.165, 1.54) is 0 Å². The van der Waals surface area contributed by atoms with Crippen molar-refractivity contribution in [3.05, 3.63) is 0 Å². The van der Waals surface area contributed by atoms with E-state index in [0.717, 1.165) is 45.6 Å². The van der Waals surface area contributed by atoms with E-state index < -0.39 is 11.8 Å². The molecule has 0 bridgehead atoms. The highest BCUT2D eigenvalue weighted by atomic mass is 16.5. The van der Waals surface area contributed by atoms with Gasteiger partial charge in [0.2, 0.25) is 0 Å². The summed E-state index contributed by atoms with van der Waals surface area (Å²) in [4.78, 5) is 25.7. The second-order valence-corrected chi connectivity index (χ2v) is 6.00. The van der Waals surface area contributed by atoms with Crippen molar-refractivity contribution in [2.75, 3.05) is 45.9 Å². The molecular weight excluding hydrogens is 258 g/mol. The summed E-state index contributed by atoms with van der Waals surface area (Å²) < 4.78 is 5.33. The van der Waals surface area contributed by atoms with Crippen molar-refractivity contribution >= 4 is 11.8 Å². The van der Waals surface area contributed by atoms with Gasteiger partial charge in [-0.05, 0) is 31.2 Å². The lowest BCUT2D eigenvalue weighted by Crippen LogP contribution is -2.47. The van der Waals surface area contributed by atoms with E-state index >= 15 is 0 Å². The highest BCUT2D eigenvalue weighted by Gasteiger charge is 2.29. The van der Waals surface area contributed by atoms with Crippen LogP contribution in [0.15, 0.2) is 0 Å². The molecule has 2 heterocycles. The lowest BCUT2D eigenvalue weighted by molar-refractivity contribution is -0.146. The molecule has 6 heteroatoms. The van der Waals surface area contributed by atoms with Crippen LogP contribution in [0.5, 0.6) is 0 Å². The molecular formula is C14H25N3O3. The van der Waals surface area contributed by atoms with Crippen LogP contribution >= 0.6 is 0 Å². The van der Waals surface area contributed by atoms with Crippen LogP contribution in [-0.4, -0.2) is 62.7 Å². The summed E-state index contributed by atoms with van der Waals surface area (Å²) in [6.07, 6.45) is 2.75. The molecule has 2 fully saturated rings. The molecule has 0 aliphatic carbocycles. The van der Waals surface area contributed by atoms with Crippen molar-refractivity contribution in [1.82, 2.24) is 15.5 Å². The van der Waals surface area contributed by atoms with Crippen molar-refractivity contribution in [2.45, 2.75) is 26.2 Å². The summed E-state index contributed by atoms with van der Waals surface area (Å²) in [7, 11) is 0. The summed E-state index contributed by atoms with van der Waals surface area (Å²) in [5, 5.41) is 6.03. The van der Waals surface area contributed by atoms with Gasteiger partial charge in [0.25, 0.3) is 0 Å². The van der Waals surface area contributed by atoms with E-state index in [0.29, 0.717) is 19.6 Å². The van der Waals surface area contributed by atoms with Crippen LogP contribution in [-0.2, 0) is 14.3 Å². The first-order valence-corrected chi connectivity index (χ1v) is 7.46. The van der Waals surface area contributed by atoms with Gasteiger partial charge in [0.1, 0.15) is 0 Å². The van der Waals surface area contributed by atoms with Crippen LogP contribution in [0.4, 0.5) is 0 Å². The second kappa shape index (κ2) is 7.04. The molecule has 0 radical (unpaired) electrons. The molecule has 2 saturated heterocycles. The maximum absolute atomic E-state index is 12.1. The number of ether oxygens (including phenoxy) is 1. The fourth-order valence-corrected chi connectivity index (χ4v) is 2.60. The molecule has 2 amide bonds. The Morgan fingerprint density at radius 2 is 2.00 bits per heavy atom. The largest absolute Gasteiger partial charge is 0.381 e. The summed E-state index contributed by atoms with van der Waals surface area (Å²) in [5.74, 6) is -0.871. The number of carbonyl (C=O) groups is 2. The van der Waals surface area contributed by atoms with Gasteiger partial charge >= 0.3 is 11.8 Å². The van der Waals surface area contributed by atoms with Gasteiger partial charge in [-0.25, -0.2) is 0 Å². The molecule has 2 aliphatic heterocycles. The lowest BCUT2D eigenvalue weighted by Gasteiger charge is -2.33. The van der Waals surface area contributed by atoms with Crippen molar-refractivity contribution < 1.29 is 14.3 Å². The number of hydrogen-bond donors (Lipinski definition) is 2. The Morgan fingerprint density at radius 1 is 1.25 bits per heavy atom. The minimum Gasteiger partial charge on any atom is -0.381 e. The zero-order valence-corrected chi connectivity index (χ0v) is 12.2. The lowest BCUT2D eigenvalue weighted by atomic mass is 9.82. The van der Waals surface area contributed by atoms with Crippen LogP contribution in [0.25, 0.3) is 0 Å². The van der Waals surface area contributed by atoms with Gasteiger partial charge in [-0.15, -0.1) is 0 Å². The molecule has 114 valence electrons. The maximum Gasteiger partial charge on any atom is 0.311 e. The van der Waals surface area contributed by atoms with E-state index in [9.17, 15) is 9.59 Å². The van der Waals surface area contributed by atoms with Gasteiger partial charge in [-0.2, -0.15) is 0 Å². The van der Waals surface area contributed by atoms with Crippen LogP contribution in [0, 0.1) is 5.41 Å². The third-order valence-electron chi connectivity index (χ3n) is 4.20. The number of nitrogens with zero attached hydrogens (tertiary/aromatic N) is 1. The Balaban J connectivity index is 1.79. The Labute approximate surface area is 120 Å². The Kier molecular flexibility index (Phi) is 5.37. The number of carbonyl (C=O) groups excluding carboxylic acids is 2. The quantitative estimate of drug-likeness (QED) is 0.685. The molecule has 0 saturated carbocycles. The van der Waals surface area contributed by atoms with Crippen molar-refractivity contribution in [3.63, 3.8) is 0 Å². The Hall–Kier alpha value is -1.14. The molecule has 0 unspecified atom stereocenters. The average Bonchev–Trinajstić information content (AvgIpc) is 2.74. The van der Waals surface area contributed by atoms with E-state index in [4.69, 9.17) is 4.74 Å². The fraction of sp³-hybridized carbons (Fsp3) is 0.857. The van der Waals surface area contributed by atoms with E-state index in [2.05, 4.69) is 17.6 Å². The summed E-state index contributed by atoms with van der Waals surface area (Å²) >= 11 is 0. The molecule has 0 aromatic heterocycles. The highest BCUT2D eigenvalue weighted by Crippen LogP contribution is 2.28. The van der Waals surface area contributed by atoms with Gasteiger partial charge in [0.15, 0.2) is 0 Å². The Bertz CT molecular complexity index is 346. The smallest absolute Gasteiger partial charge is 0.311 e. The molecule has 2 aliphatic rings. The van der Waals surface area contributed by atoms with Crippen LogP contribution in [0.3, 0.4) is 0 Å². The third kappa shape index (κ3) is 4.18. The normalized spacial score (nSPS) is 22.9. The molecule has 0 aromatic carbocycles. The SMILES string of the molecule is CC1(CNC(=O)C(=O)N2CCCNCC2)CCOCC1. The zero-order valence-electron chi connectivity index (χ0n) is 12.2. The van der Waals surface area contributed by atoms with E-state index in [1.54, 1.807) is 4.90 Å². The van der Waals surface area contributed by atoms with Gasteiger partial charge in [-0.1, -0.05) is 6.92 Å². The van der Waals surface area contributed by atoms with Gasteiger partial charge in [0.05, 0.1) is 0 Å². The monoisotopic (exact) mass is 283 g/mol. The van der Waals surface area contributed by atoms with Crippen molar-refractivity contribution in [1.29, 1.82) is 0 Å². The predicted octanol–water partition coefficient (Wildman–Crippen LogP) is -0.259. The first kappa shape index (κ1) is 15.3. The highest BCUT2D eigenvalue weighted by molar-refractivity contribution is 6.35. The van der Waals surface area contributed by atoms with Crippen molar-refractivity contribution in [3.8, 4) is 0 Å². The molecule has 0 spiro atoms. The van der Waals surface area contributed by atoms with Gasteiger partial charge < -0.3 is 20.3 Å². The third-order valence-corrected chi connectivity index (χ3v) is 4.20. The van der Waals surface area contributed by atoms with Crippen molar-refractivity contribution in [2.24, 2.45) is 5.41 Å². The summed E-state index contributed by atoms with van der Waals surface area (Å²) in [6, 6.07) is 0. The van der Waals surface area contributed by atoms with Gasteiger partial charge in [0, 0.05) is 39.4 Å². The van der Waals surface area contributed by atoms with Crippen LogP contribution in [0.2, 0.25) is 0 Å². The molecule has 20 heavy (non-hydrogen) atoms. The summed E-state index contributed by atoms with van der Waals surface area (Å²) in [6.45, 7) is 7.08. The first-order valence-electron chi connectivity index (χ1n) is 7.46. The number of amides is 2. The minimum absolute atomic E-state index is 0.0501. The average molecular weight is 283 g/mol. The van der Waals surface area contributed by atoms with Gasteiger partial charge in [-0.3, -0.25) is 9.59 Å².